The number of carbonyl (C=O) groups is 1. The molecule has 1 atom stereocenters. The maximum absolute atomic E-state index is 13.2. The van der Waals surface area contributed by atoms with Gasteiger partial charge in [-0.2, -0.15) is 0 Å². The molecule has 1 amide bonds. The lowest BCUT2D eigenvalue weighted by atomic mass is 10.1. The fourth-order valence-electron chi connectivity index (χ4n) is 3.17. The van der Waals surface area contributed by atoms with Crippen LogP contribution in [0.3, 0.4) is 0 Å². The predicted octanol–water partition coefficient (Wildman–Crippen LogP) is 3.72. The number of rotatable bonds is 5. The first-order valence-electron chi connectivity index (χ1n) is 8.79. The van der Waals surface area contributed by atoms with Crippen molar-refractivity contribution >= 4 is 17.7 Å². The number of para-hydroxylation sites is 1. The van der Waals surface area contributed by atoms with Crippen molar-refractivity contribution < 1.29 is 4.79 Å². The largest absolute Gasteiger partial charge is 0.341 e. The number of likely N-dealkylation sites (tertiary alicyclic amines) is 1. The standard InChI is InChI=1S/C20H20N4OS/c25-19(23-13-7-8-14-23)18(16-9-3-1-4-10-16)26-20-22-21-15-24(20)17-11-5-2-6-12-17/h1-6,9-12,15,18H,7-8,13-14H2/t18-/m1/s1. The maximum atomic E-state index is 13.2. The van der Waals surface area contributed by atoms with Gasteiger partial charge in [0.05, 0.1) is 0 Å². The predicted molar refractivity (Wildman–Crippen MR) is 102 cm³/mol. The van der Waals surface area contributed by atoms with E-state index in [0.29, 0.717) is 0 Å². The zero-order valence-corrected chi connectivity index (χ0v) is 15.2. The quantitative estimate of drug-likeness (QED) is 0.648. The molecule has 0 aliphatic carbocycles. The van der Waals surface area contributed by atoms with Crippen LogP contribution in [0.1, 0.15) is 23.7 Å². The topological polar surface area (TPSA) is 51.0 Å². The highest BCUT2D eigenvalue weighted by molar-refractivity contribution is 8.00. The molecule has 0 N–H and O–H groups in total. The second-order valence-electron chi connectivity index (χ2n) is 6.26. The second-order valence-corrected chi connectivity index (χ2v) is 7.33. The summed E-state index contributed by atoms with van der Waals surface area (Å²) in [6.45, 7) is 1.68. The van der Waals surface area contributed by atoms with Crippen molar-refractivity contribution in [3.8, 4) is 5.69 Å². The van der Waals surface area contributed by atoms with Crippen LogP contribution in [-0.4, -0.2) is 38.7 Å². The van der Waals surface area contributed by atoms with E-state index in [0.717, 1.165) is 42.3 Å². The van der Waals surface area contributed by atoms with Gasteiger partial charge >= 0.3 is 0 Å². The number of amides is 1. The highest BCUT2D eigenvalue weighted by atomic mass is 32.2. The minimum Gasteiger partial charge on any atom is -0.341 e. The van der Waals surface area contributed by atoms with Crippen molar-refractivity contribution in [3.63, 3.8) is 0 Å². The minimum atomic E-state index is -0.319. The molecule has 2 heterocycles. The highest BCUT2D eigenvalue weighted by Crippen LogP contribution is 2.37. The molecular weight excluding hydrogens is 344 g/mol. The molecule has 1 fully saturated rings. The fourth-order valence-corrected chi connectivity index (χ4v) is 4.28. The van der Waals surface area contributed by atoms with Crippen LogP contribution in [0.5, 0.6) is 0 Å². The van der Waals surface area contributed by atoms with E-state index in [9.17, 15) is 4.79 Å². The number of carbonyl (C=O) groups excluding carboxylic acids is 1. The van der Waals surface area contributed by atoms with E-state index in [2.05, 4.69) is 10.2 Å². The Kier molecular flexibility index (Phi) is 5.02. The van der Waals surface area contributed by atoms with Crippen LogP contribution in [0.25, 0.3) is 5.69 Å². The van der Waals surface area contributed by atoms with Gasteiger partial charge in [-0.1, -0.05) is 60.3 Å². The third kappa shape index (κ3) is 3.51. The van der Waals surface area contributed by atoms with E-state index >= 15 is 0 Å². The van der Waals surface area contributed by atoms with E-state index in [1.165, 1.54) is 11.8 Å². The fraction of sp³-hybridized carbons (Fsp3) is 0.250. The average Bonchev–Trinajstić information content (AvgIpc) is 3.39. The lowest BCUT2D eigenvalue weighted by Crippen LogP contribution is -2.31. The summed E-state index contributed by atoms with van der Waals surface area (Å²) in [5, 5.41) is 8.74. The van der Waals surface area contributed by atoms with Crippen molar-refractivity contribution in [2.75, 3.05) is 13.1 Å². The summed E-state index contributed by atoms with van der Waals surface area (Å²) in [5.41, 5.74) is 1.98. The highest BCUT2D eigenvalue weighted by Gasteiger charge is 2.30. The summed E-state index contributed by atoms with van der Waals surface area (Å²) < 4.78 is 1.93. The summed E-state index contributed by atoms with van der Waals surface area (Å²) in [7, 11) is 0. The smallest absolute Gasteiger partial charge is 0.240 e. The molecule has 5 nitrogen and oxygen atoms in total. The first kappa shape index (κ1) is 16.8. The number of hydrogen-bond acceptors (Lipinski definition) is 4. The van der Waals surface area contributed by atoms with E-state index in [-0.39, 0.29) is 11.2 Å². The number of benzene rings is 2. The molecule has 4 rings (SSSR count). The van der Waals surface area contributed by atoms with Crippen LogP contribution >= 0.6 is 11.8 Å². The van der Waals surface area contributed by atoms with Crippen molar-refractivity contribution in [1.82, 2.24) is 19.7 Å². The Hall–Kier alpha value is -2.60. The molecule has 26 heavy (non-hydrogen) atoms. The van der Waals surface area contributed by atoms with E-state index in [1.54, 1.807) is 6.33 Å². The Morgan fingerprint density at radius 2 is 1.62 bits per heavy atom. The van der Waals surface area contributed by atoms with Crippen LogP contribution in [-0.2, 0) is 4.79 Å². The van der Waals surface area contributed by atoms with E-state index < -0.39 is 0 Å². The van der Waals surface area contributed by atoms with Gasteiger partial charge in [0.2, 0.25) is 5.91 Å². The summed E-state index contributed by atoms with van der Waals surface area (Å²) >= 11 is 1.46. The molecule has 6 heteroatoms. The average molecular weight is 364 g/mol. The molecule has 132 valence electrons. The van der Waals surface area contributed by atoms with E-state index in [1.807, 2.05) is 70.1 Å². The molecule has 1 aliphatic heterocycles. The van der Waals surface area contributed by atoms with Crippen LogP contribution in [0.2, 0.25) is 0 Å². The molecule has 0 spiro atoms. The second kappa shape index (κ2) is 7.74. The Bertz CT molecular complexity index is 860. The lowest BCUT2D eigenvalue weighted by molar-refractivity contribution is -0.129. The normalized spacial score (nSPS) is 15.2. The van der Waals surface area contributed by atoms with Crippen molar-refractivity contribution in [2.45, 2.75) is 23.2 Å². The summed E-state index contributed by atoms with van der Waals surface area (Å²) in [6.07, 6.45) is 3.86. The van der Waals surface area contributed by atoms with E-state index in [4.69, 9.17) is 0 Å². The minimum absolute atomic E-state index is 0.154. The Balaban J connectivity index is 1.66. The molecule has 0 radical (unpaired) electrons. The van der Waals surface area contributed by atoms with Gasteiger partial charge in [-0.25, -0.2) is 0 Å². The Labute approximate surface area is 157 Å². The van der Waals surface area contributed by atoms with Gasteiger partial charge in [0.25, 0.3) is 0 Å². The zero-order valence-electron chi connectivity index (χ0n) is 14.4. The van der Waals surface area contributed by atoms with Crippen LogP contribution < -0.4 is 0 Å². The van der Waals surface area contributed by atoms with Crippen molar-refractivity contribution in [3.05, 3.63) is 72.6 Å². The van der Waals surface area contributed by atoms with Gasteiger partial charge in [-0.05, 0) is 30.5 Å². The number of aromatic nitrogens is 3. The van der Waals surface area contributed by atoms with Gasteiger partial charge < -0.3 is 4.90 Å². The number of thioether (sulfide) groups is 1. The molecule has 1 aliphatic rings. The molecule has 1 saturated heterocycles. The molecule has 0 bridgehead atoms. The lowest BCUT2D eigenvalue weighted by Gasteiger charge is -2.23. The zero-order chi connectivity index (χ0) is 17.8. The monoisotopic (exact) mass is 364 g/mol. The Morgan fingerprint density at radius 1 is 0.962 bits per heavy atom. The first-order chi connectivity index (χ1) is 12.8. The third-order valence-corrected chi connectivity index (χ3v) is 5.72. The molecule has 0 saturated carbocycles. The SMILES string of the molecule is O=C([C@H](Sc1nncn1-c1ccccc1)c1ccccc1)N1CCCC1. The van der Waals surface area contributed by atoms with Crippen LogP contribution in [0.15, 0.2) is 72.1 Å². The van der Waals surface area contributed by atoms with Gasteiger partial charge in [0, 0.05) is 18.8 Å². The number of hydrogen-bond donors (Lipinski definition) is 0. The molecule has 1 aromatic heterocycles. The van der Waals surface area contributed by atoms with Gasteiger partial charge in [-0.15, -0.1) is 10.2 Å². The van der Waals surface area contributed by atoms with Gasteiger partial charge in [-0.3, -0.25) is 9.36 Å². The van der Waals surface area contributed by atoms with Crippen molar-refractivity contribution in [1.29, 1.82) is 0 Å². The van der Waals surface area contributed by atoms with Gasteiger partial charge in [0.1, 0.15) is 11.6 Å². The number of nitrogens with zero attached hydrogens (tertiary/aromatic N) is 4. The molecule has 0 unspecified atom stereocenters. The summed E-state index contributed by atoms with van der Waals surface area (Å²) in [4.78, 5) is 15.1. The Morgan fingerprint density at radius 3 is 2.31 bits per heavy atom. The summed E-state index contributed by atoms with van der Waals surface area (Å²) in [6, 6.07) is 19.9. The maximum Gasteiger partial charge on any atom is 0.240 e. The molecule has 3 aromatic rings. The van der Waals surface area contributed by atoms with Crippen LogP contribution in [0.4, 0.5) is 0 Å². The molecular formula is C20H20N4OS. The summed E-state index contributed by atoms with van der Waals surface area (Å²) in [5.74, 6) is 0.154. The van der Waals surface area contributed by atoms with Gasteiger partial charge in [0.15, 0.2) is 5.16 Å². The molecule has 2 aromatic carbocycles. The first-order valence-corrected chi connectivity index (χ1v) is 9.67. The van der Waals surface area contributed by atoms with Crippen molar-refractivity contribution in [2.24, 2.45) is 0 Å². The van der Waals surface area contributed by atoms with Crippen LogP contribution in [0, 0.1) is 0 Å². The third-order valence-electron chi connectivity index (χ3n) is 4.52.